The summed E-state index contributed by atoms with van der Waals surface area (Å²) in [5, 5.41) is 12.8. The fraction of sp³-hybridized carbons (Fsp3) is 0.182. The number of hydrogen-bond acceptors (Lipinski definition) is 6. The summed E-state index contributed by atoms with van der Waals surface area (Å²) in [6.07, 6.45) is 4.31. The molecule has 4 aromatic rings. The number of fused-ring (bicyclic) bond motifs is 2. The standard InChI is InChI=1S/C22H18N4O2/c27-21(15-2-1-14-5-6-23-11-18(14)7-15)10-19-9-17-8-16(22-12-24-13-28-22)3-4-20(17)26-25-19/h1-4,7-9,12-13,23H,5-6,10-11H2. The van der Waals surface area contributed by atoms with E-state index >= 15 is 0 Å². The molecule has 0 amide bonds. The first kappa shape index (κ1) is 16.8. The molecule has 2 aromatic heterocycles. The number of oxazole rings is 1. The molecule has 0 unspecified atom stereocenters. The molecule has 0 saturated heterocycles. The molecular weight excluding hydrogens is 352 g/mol. The van der Waals surface area contributed by atoms with Crippen molar-refractivity contribution in [3.63, 3.8) is 0 Å². The quantitative estimate of drug-likeness (QED) is 0.555. The topological polar surface area (TPSA) is 80.9 Å². The fourth-order valence-electron chi connectivity index (χ4n) is 3.61. The second-order valence-corrected chi connectivity index (χ2v) is 6.99. The van der Waals surface area contributed by atoms with Crippen molar-refractivity contribution in [2.24, 2.45) is 0 Å². The van der Waals surface area contributed by atoms with Crippen LogP contribution in [0.2, 0.25) is 0 Å². The highest BCUT2D eigenvalue weighted by atomic mass is 16.3. The summed E-state index contributed by atoms with van der Waals surface area (Å²) in [5.41, 5.74) is 5.60. The van der Waals surface area contributed by atoms with E-state index in [-0.39, 0.29) is 12.2 Å². The average molecular weight is 370 g/mol. The van der Waals surface area contributed by atoms with Gasteiger partial charge in [0.1, 0.15) is 0 Å². The van der Waals surface area contributed by atoms with Crippen molar-refractivity contribution in [2.45, 2.75) is 19.4 Å². The second kappa shape index (κ2) is 6.98. The Balaban J connectivity index is 1.42. The maximum absolute atomic E-state index is 12.8. The molecule has 6 heteroatoms. The minimum atomic E-state index is 0.0495. The Kier molecular flexibility index (Phi) is 4.18. The molecule has 138 valence electrons. The largest absolute Gasteiger partial charge is 0.444 e. The van der Waals surface area contributed by atoms with E-state index in [0.717, 1.165) is 41.5 Å². The minimum absolute atomic E-state index is 0.0495. The molecule has 1 N–H and O–H groups in total. The lowest BCUT2D eigenvalue weighted by Crippen LogP contribution is -2.24. The number of ketones is 1. The molecule has 1 aliphatic rings. The Hall–Kier alpha value is -3.38. The molecular formula is C22H18N4O2. The third kappa shape index (κ3) is 3.18. The Morgan fingerprint density at radius 1 is 1.07 bits per heavy atom. The van der Waals surface area contributed by atoms with Crippen LogP contribution in [0.4, 0.5) is 0 Å². The first-order chi connectivity index (χ1) is 13.8. The third-order valence-corrected chi connectivity index (χ3v) is 5.11. The summed E-state index contributed by atoms with van der Waals surface area (Å²) >= 11 is 0. The highest BCUT2D eigenvalue weighted by Gasteiger charge is 2.14. The highest BCUT2D eigenvalue weighted by Crippen LogP contribution is 2.24. The van der Waals surface area contributed by atoms with Gasteiger partial charge in [0.15, 0.2) is 17.9 Å². The van der Waals surface area contributed by atoms with Crippen LogP contribution in [0.5, 0.6) is 0 Å². The van der Waals surface area contributed by atoms with Crippen LogP contribution in [0, 0.1) is 0 Å². The van der Waals surface area contributed by atoms with Gasteiger partial charge in [0.05, 0.1) is 23.8 Å². The molecule has 0 atom stereocenters. The maximum Gasteiger partial charge on any atom is 0.181 e. The van der Waals surface area contributed by atoms with Crippen molar-refractivity contribution >= 4 is 16.7 Å². The minimum Gasteiger partial charge on any atom is -0.444 e. The van der Waals surface area contributed by atoms with E-state index < -0.39 is 0 Å². The molecule has 6 nitrogen and oxygen atoms in total. The van der Waals surface area contributed by atoms with Gasteiger partial charge >= 0.3 is 0 Å². The first-order valence-corrected chi connectivity index (χ1v) is 9.27. The monoisotopic (exact) mass is 370 g/mol. The first-order valence-electron chi connectivity index (χ1n) is 9.27. The van der Waals surface area contributed by atoms with Crippen molar-refractivity contribution in [2.75, 3.05) is 6.54 Å². The molecule has 2 aromatic carbocycles. The lowest BCUT2D eigenvalue weighted by atomic mass is 9.96. The van der Waals surface area contributed by atoms with Crippen LogP contribution < -0.4 is 5.32 Å². The van der Waals surface area contributed by atoms with Gasteiger partial charge in [0.25, 0.3) is 0 Å². The van der Waals surface area contributed by atoms with E-state index in [1.165, 1.54) is 17.5 Å². The van der Waals surface area contributed by atoms with Crippen LogP contribution in [0.1, 0.15) is 27.2 Å². The molecule has 1 aliphatic heterocycles. The number of rotatable bonds is 4. The Bertz CT molecular complexity index is 1170. The molecule has 0 radical (unpaired) electrons. The number of nitrogens with zero attached hydrogens (tertiary/aromatic N) is 3. The van der Waals surface area contributed by atoms with Gasteiger partial charge in [-0.05, 0) is 54.4 Å². The SMILES string of the molecule is O=C(Cc1cc2cc(-c3cnco3)ccc2nn1)c1ccc2c(c1)CNCC2. The van der Waals surface area contributed by atoms with Gasteiger partial charge in [-0.3, -0.25) is 4.79 Å². The smallest absolute Gasteiger partial charge is 0.181 e. The van der Waals surface area contributed by atoms with Gasteiger partial charge in [0.2, 0.25) is 0 Å². The molecule has 0 bridgehead atoms. The predicted molar refractivity (Wildman–Crippen MR) is 105 cm³/mol. The summed E-state index contributed by atoms with van der Waals surface area (Å²) in [4.78, 5) is 16.7. The zero-order chi connectivity index (χ0) is 18.9. The van der Waals surface area contributed by atoms with E-state index in [4.69, 9.17) is 4.42 Å². The van der Waals surface area contributed by atoms with E-state index in [2.05, 4.69) is 26.6 Å². The van der Waals surface area contributed by atoms with Crippen LogP contribution in [-0.4, -0.2) is 27.5 Å². The summed E-state index contributed by atoms with van der Waals surface area (Å²) in [5.74, 6) is 0.743. The van der Waals surface area contributed by atoms with Gasteiger partial charge in [-0.1, -0.05) is 12.1 Å². The van der Waals surface area contributed by atoms with Crippen molar-refractivity contribution in [1.29, 1.82) is 0 Å². The maximum atomic E-state index is 12.8. The third-order valence-electron chi connectivity index (χ3n) is 5.11. The molecule has 5 rings (SSSR count). The van der Waals surface area contributed by atoms with Gasteiger partial charge in [-0.25, -0.2) is 4.98 Å². The number of aromatic nitrogens is 3. The Labute approximate surface area is 161 Å². The van der Waals surface area contributed by atoms with Crippen molar-refractivity contribution < 1.29 is 9.21 Å². The second-order valence-electron chi connectivity index (χ2n) is 6.99. The summed E-state index contributed by atoms with van der Waals surface area (Å²) in [6.45, 7) is 1.81. The predicted octanol–water partition coefficient (Wildman–Crippen LogP) is 3.36. The molecule has 0 fully saturated rings. The lowest BCUT2D eigenvalue weighted by molar-refractivity contribution is 0.0991. The van der Waals surface area contributed by atoms with Gasteiger partial charge < -0.3 is 9.73 Å². The molecule has 0 spiro atoms. The fourth-order valence-corrected chi connectivity index (χ4v) is 3.61. The van der Waals surface area contributed by atoms with E-state index in [0.29, 0.717) is 11.5 Å². The number of nitrogens with one attached hydrogen (secondary N) is 1. The van der Waals surface area contributed by atoms with E-state index in [9.17, 15) is 4.79 Å². The van der Waals surface area contributed by atoms with Crippen LogP contribution in [0.15, 0.2) is 59.5 Å². The van der Waals surface area contributed by atoms with Crippen LogP contribution in [0.3, 0.4) is 0 Å². The zero-order valence-corrected chi connectivity index (χ0v) is 15.2. The normalized spacial score (nSPS) is 13.4. The molecule has 0 aliphatic carbocycles. The summed E-state index contributed by atoms with van der Waals surface area (Å²) in [6, 6.07) is 13.7. The summed E-state index contributed by atoms with van der Waals surface area (Å²) in [7, 11) is 0. The highest BCUT2D eigenvalue weighted by molar-refractivity contribution is 5.98. The van der Waals surface area contributed by atoms with Gasteiger partial charge in [0, 0.05) is 23.1 Å². The molecule has 3 heterocycles. The Morgan fingerprint density at radius 2 is 2.04 bits per heavy atom. The van der Waals surface area contributed by atoms with Crippen LogP contribution >= 0.6 is 0 Å². The Morgan fingerprint density at radius 3 is 2.93 bits per heavy atom. The molecule has 0 saturated carbocycles. The van der Waals surface area contributed by atoms with Gasteiger partial charge in [-0.15, -0.1) is 0 Å². The zero-order valence-electron chi connectivity index (χ0n) is 15.2. The van der Waals surface area contributed by atoms with Crippen LogP contribution in [-0.2, 0) is 19.4 Å². The number of Topliss-reactive ketones (excluding diaryl/α,β-unsaturated/α-hetero) is 1. The molecule has 28 heavy (non-hydrogen) atoms. The number of benzene rings is 2. The van der Waals surface area contributed by atoms with E-state index in [1.54, 1.807) is 6.20 Å². The lowest BCUT2D eigenvalue weighted by Gasteiger charge is -2.17. The van der Waals surface area contributed by atoms with Gasteiger partial charge in [-0.2, -0.15) is 10.2 Å². The van der Waals surface area contributed by atoms with Crippen molar-refractivity contribution in [3.8, 4) is 11.3 Å². The number of carbonyl (C=O) groups is 1. The van der Waals surface area contributed by atoms with E-state index in [1.807, 2.05) is 36.4 Å². The van der Waals surface area contributed by atoms with Crippen LogP contribution in [0.25, 0.3) is 22.2 Å². The van der Waals surface area contributed by atoms with Crippen molar-refractivity contribution in [1.82, 2.24) is 20.5 Å². The number of carbonyl (C=O) groups excluding carboxylic acids is 1. The number of hydrogen-bond donors (Lipinski definition) is 1. The summed E-state index contributed by atoms with van der Waals surface area (Å²) < 4.78 is 5.36. The van der Waals surface area contributed by atoms with Crippen molar-refractivity contribution in [3.05, 3.63) is 77.4 Å². The average Bonchev–Trinajstić information content (AvgIpc) is 3.28.